The molecule has 216 valence electrons. The predicted octanol–water partition coefficient (Wildman–Crippen LogP) is 3.31. The van der Waals surface area contributed by atoms with Crippen LogP contribution in [-0.2, 0) is 22.6 Å². The van der Waals surface area contributed by atoms with E-state index in [4.69, 9.17) is 14.7 Å². The number of non-ortho nitro benzene ring substituents is 1. The van der Waals surface area contributed by atoms with Crippen LogP contribution in [-0.4, -0.2) is 67.7 Å². The number of carbonyl (C=O) groups excluding carboxylic acids is 1. The molecule has 2 aromatic carbocycles. The highest BCUT2D eigenvalue weighted by Gasteiger charge is 2.20. The van der Waals surface area contributed by atoms with Crippen molar-refractivity contribution in [1.29, 1.82) is 0 Å². The molecule has 3 aromatic rings. The van der Waals surface area contributed by atoms with Gasteiger partial charge < -0.3 is 20.1 Å². The van der Waals surface area contributed by atoms with Gasteiger partial charge in [-0.3, -0.25) is 19.8 Å². The van der Waals surface area contributed by atoms with Crippen LogP contribution < -0.4 is 5.32 Å². The number of carbonyl (C=O) groups is 3. The SMILES string of the molecule is O=C(NCCC1CCN(Cc2ccccc2)CC1)c1noc(Cc2ccc([N+](=O)[O-])cc2)n1.O=C(O)/C=C/C(=O)O. The van der Waals surface area contributed by atoms with Gasteiger partial charge in [-0.05, 0) is 49.4 Å². The van der Waals surface area contributed by atoms with E-state index in [-0.39, 0.29) is 17.4 Å². The normalized spacial score (nSPS) is 13.8. The van der Waals surface area contributed by atoms with Crippen molar-refractivity contribution in [3.05, 3.63) is 99.7 Å². The Kier molecular flexibility index (Phi) is 11.7. The third-order valence-electron chi connectivity index (χ3n) is 6.34. The van der Waals surface area contributed by atoms with E-state index >= 15 is 0 Å². The number of nitrogens with one attached hydrogen (secondary N) is 1. The molecule has 1 amide bonds. The van der Waals surface area contributed by atoms with Gasteiger partial charge in [0, 0.05) is 37.4 Å². The molecule has 0 aliphatic carbocycles. The van der Waals surface area contributed by atoms with Gasteiger partial charge in [0.05, 0.1) is 11.3 Å². The number of nitro groups is 1. The number of aromatic nitrogens is 2. The first-order valence-electron chi connectivity index (χ1n) is 12.9. The molecule has 0 spiro atoms. The zero-order chi connectivity index (χ0) is 29.6. The summed E-state index contributed by atoms with van der Waals surface area (Å²) in [6, 6.07) is 16.6. The van der Waals surface area contributed by atoms with Crippen molar-refractivity contribution in [2.75, 3.05) is 19.6 Å². The van der Waals surface area contributed by atoms with Crippen molar-refractivity contribution in [3.8, 4) is 0 Å². The lowest BCUT2D eigenvalue weighted by Crippen LogP contribution is -2.35. The summed E-state index contributed by atoms with van der Waals surface area (Å²) < 4.78 is 5.16. The number of rotatable bonds is 11. The van der Waals surface area contributed by atoms with Crippen LogP contribution in [0.3, 0.4) is 0 Å². The van der Waals surface area contributed by atoms with Crippen molar-refractivity contribution < 1.29 is 34.0 Å². The molecule has 1 fully saturated rings. The summed E-state index contributed by atoms with van der Waals surface area (Å²) >= 11 is 0. The Morgan fingerprint density at radius 2 is 1.63 bits per heavy atom. The Morgan fingerprint density at radius 1 is 1.00 bits per heavy atom. The highest BCUT2D eigenvalue weighted by molar-refractivity contribution is 5.90. The summed E-state index contributed by atoms with van der Waals surface area (Å²) in [5.74, 6) is -1.97. The lowest BCUT2D eigenvalue weighted by atomic mass is 9.93. The molecule has 2 heterocycles. The summed E-state index contributed by atoms with van der Waals surface area (Å²) in [4.78, 5) is 48.4. The number of amides is 1. The number of piperidine rings is 1. The minimum Gasteiger partial charge on any atom is -0.478 e. The molecular weight excluding hydrogens is 534 g/mol. The summed E-state index contributed by atoms with van der Waals surface area (Å²) in [6.07, 6.45) is 4.61. The molecule has 41 heavy (non-hydrogen) atoms. The molecular formula is C28H31N5O8. The van der Waals surface area contributed by atoms with Gasteiger partial charge in [0.1, 0.15) is 0 Å². The topological polar surface area (TPSA) is 189 Å². The molecule has 1 aliphatic rings. The third-order valence-corrected chi connectivity index (χ3v) is 6.34. The van der Waals surface area contributed by atoms with Gasteiger partial charge in [-0.1, -0.05) is 47.6 Å². The minimum atomic E-state index is -1.26. The zero-order valence-electron chi connectivity index (χ0n) is 22.2. The van der Waals surface area contributed by atoms with Gasteiger partial charge in [-0.2, -0.15) is 4.98 Å². The fourth-order valence-corrected chi connectivity index (χ4v) is 4.22. The lowest BCUT2D eigenvalue weighted by molar-refractivity contribution is -0.384. The van der Waals surface area contributed by atoms with E-state index in [1.54, 1.807) is 12.1 Å². The molecule has 0 saturated carbocycles. The second-order valence-electron chi connectivity index (χ2n) is 9.37. The van der Waals surface area contributed by atoms with Gasteiger partial charge in [0.15, 0.2) is 0 Å². The molecule has 1 saturated heterocycles. The molecule has 0 atom stereocenters. The van der Waals surface area contributed by atoms with E-state index in [2.05, 4.69) is 44.6 Å². The van der Waals surface area contributed by atoms with Gasteiger partial charge in [-0.15, -0.1) is 0 Å². The highest BCUT2D eigenvalue weighted by Crippen LogP contribution is 2.21. The number of benzene rings is 2. The van der Waals surface area contributed by atoms with Gasteiger partial charge >= 0.3 is 11.9 Å². The summed E-state index contributed by atoms with van der Waals surface area (Å²) in [6.45, 7) is 3.72. The highest BCUT2D eigenvalue weighted by atomic mass is 16.6. The van der Waals surface area contributed by atoms with Crippen LogP contribution in [0.15, 0.2) is 71.3 Å². The first-order chi connectivity index (χ1) is 19.7. The maximum atomic E-state index is 12.3. The van der Waals surface area contributed by atoms with Crippen LogP contribution in [0.5, 0.6) is 0 Å². The maximum Gasteiger partial charge on any atom is 0.328 e. The average Bonchev–Trinajstić information content (AvgIpc) is 3.43. The maximum absolute atomic E-state index is 12.3. The molecule has 4 rings (SSSR count). The molecule has 3 N–H and O–H groups in total. The second-order valence-corrected chi connectivity index (χ2v) is 9.37. The van der Waals surface area contributed by atoms with Crippen molar-refractivity contribution in [2.24, 2.45) is 5.92 Å². The first-order valence-corrected chi connectivity index (χ1v) is 12.9. The van der Waals surface area contributed by atoms with E-state index in [9.17, 15) is 24.5 Å². The molecule has 13 heteroatoms. The molecule has 0 unspecified atom stereocenters. The predicted molar refractivity (Wildman–Crippen MR) is 146 cm³/mol. The molecule has 0 bridgehead atoms. The van der Waals surface area contributed by atoms with Gasteiger partial charge in [-0.25, -0.2) is 9.59 Å². The van der Waals surface area contributed by atoms with Crippen molar-refractivity contribution in [1.82, 2.24) is 20.4 Å². The summed E-state index contributed by atoms with van der Waals surface area (Å²) in [5, 5.41) is 33.0. The monoisotopic (exact) mass is 565 g/mol. The minimum absolute atomic E-state index is 0.00425. The fourth-order valence-electron chi connectivity index (χ4n) is 4.22. The molecule has 0 radical (unpaired) electrons. The quantitative estimate of drug-likeness (QED) is 0.176. The first kappa shape index (κ1) is 30.6. The van der Waals surface area contributed by atoms with Crippen LogP contribution >= 0.6 is 0 Å². The third kappa shape index (κ3) is 11.0. The molecule has 13 nitrogen and oxygen atoms in total. The average molecular weight is 566 g/mol. The Balaban J connectivity index is 0.000000507. The number of nitro benzene ring substituents is 1. The standard InChI is InChI=1S/C24H27N5O4.C4H4O4/c30-24(23-26-22(33-27-23)16-19-6-8-21(9-7-19)29(31)32)25-13-10-18-11-14-28(15-12-18)17-20-4-2-1-3-5-20;5-3(6)1-2-4(7)8/h1-9,18H,10-17H2,(H,25,30);1-2H,(H,5,6)(H,7,8)/b;2-1+. The van der Waals surface area contributed by atoms with E-state index in [1.165, 1.54) is 17.7 Å². The Bertz CT molecular complexity index is 1320. The summed E-state index contributed by atoms with van der Waals surface area (Å²) in [5.41, 5.74) is 2.15. The van der Waals surface area contributed by atoms with E-state index in [1.807, 2.05) is 6.07 Å². The fraction of sp³-hybridized carbons (Fsp3) is 0.321. The van der Waals surface area contributed by atoms with Crippen LogP contribution in [0.25, 0.3) is 0 Å². The van der Waals surface area contributed by atoms with Crippen LogP contribution in [0.2, 0.25) is 0 Å². The van der Waals surface area contributed by atoms with Crippen LogP contribution in [0, 0.1) is 16.0 Å². The van der Waals surface area contributed by atoms with E-state index in [0.717, 1.165) is 44.5 Å². The van der Waals surface area contributed by atoms with Crippen LogP contribution in [0.1, 0.15) is 46.9 Å². The van der Waals surface area contributed by atoms with E-state index in [0.29, 0.717) is 36.9 Å². The number of nitrogens with zero attached hydrogens (tertiary/aromatic N) is 4. The summed E-state index contributed by atoms with van der Waals surface area (Å²) in [7, 11) is 0. The zero-order valence-corrected chi connectivity index (χ0v) is 22.2. The van der Waals surface area contributed by atoms with Crippen molar-refractivity contribution >= 4 is 23.5 Å². The number of aliphatic carboxylic acids is 2. The van der Waals surface area contributed by atoms with Crippen molar-refractivity contribution in [2.45, 2.75) is 32.2 Å². The number of likely N-dealkylation sites (tertiary alicyclic amines) is 1. The number of hydrogen-bond acceptors (Lipinski definition) is 9. The lowest BCUT2D eigenvalue weighted by Gasteiger charge is -2.32. The van der Waals surface area contributed by atoms with Crippen molar-refractivity contribution in [3.63, 3.8) is 0 Å². The Labute approximate surface area is 235 Å². The largest absolute Gasteiger partial charge is 0.478 e. The Morgan fingerprint density at radius 3 is 2.22 bits per heavy atom. The Hall–Kier alpha value is -4.91. The number of carboxylic acids is 2. The number of hydrogen-bond donors (Lipinski definition) is 3. The smallest absolute Gasteiger partial charge is 0.328 e. The van der Waals surface area contributed by atoms with Crippen LogP contribution in [0.4, 0.5) is 5.69 Å². The molecule has 1 aromatic heterocycles. The van der Waals surface area contributed by atoms with Gasteiger partial charge in [0.25, 0.3) is 17.4 Å². The number of carboxylic acid groups (broad SMARTS) is 2. The van der Waals surface area contributed by atoms with E-state index < -0.39 is 16.9 Å². The van der Waals surface area contributed by atoms with Gasteiger partial charge in [0.2, 0.25) is 5.89 Å². The second kappa shape index (κ2) is 15.6. The molecule has 1 aliphatic heterocycles.